The van der Waals surface area contributed by atoms with Gasteiger partial charge in [0.25, 0.3) is 0 Å². The van der Waals surface area contributed by atoms with Gasteiger partial charge in [0.1, 0.15) is 5.75 Å². The van der Waals surface area contributed by atoms with Crippen molar-refractivity contribution in [2.75, 3.05) is 19.5 Å². The summed E-state index contributed by atoms with van der Waals surface area (Å²) in [6.07, 6.45) is 2.34. The molecular formula is C14H21BrClNO. The molecule has 0 aliphatic rings. The van der Waals surface area contributed by atoms with E-state index in [1.54, 1.807) is 7.11 Å². The molecule has 102 valence electrons. The molecular weight excluding hydrogens is 314 g/mol. The summed E-state index contributed by atoms with van der Waals surface area (Å²) in [5, 5.41) is 3.44. The maximum Gasteiger partial charge on any atom is 0.119 e. The molecule has 0 saturated carbocycles. The van der Waals surface area contributed by atoms with E-state index in [-0.39, 0.29) is 0 Å². The van der Waals surface area contributed by atoms with Crippen LogP contribution < -0.4 is 10.1 Å². The van der Waals surface area contributed by atoms with Crippen molar-refractivity contribution in [1.29, 1.82) is 0 Å². The molecule has 1 rings (SSSR count). The normalized spacial score (nSPS) is 12.4. The van der Waals surface area contributed by atoms with Crippen LogP contribution in [0.15, 0.2) is 22.7 Å². The highest BCUT2D eigenvalue weighted by Gasteiger charge is 2.02. The molecule has 1 atom stereocenters. The minimum Gasteiger partial charge on any atom is -0.497 e. The van der Waals surface area contributed by atoms with E-state index in [4.69, 9.17) is 16.3 Å². The Balaban J connectivity index is 2.30. The lowest BCUT2D eigenvalue weighted by molar-refractivity contribution is 0.414. The van der Waals surface area contributed by atoms with Crippen molar-refractivity contribution in [2.24, 2.45) is 5.92 Å². The smallest absolute Gasteiger partial charge is 0.119 e. The Kier molecular flexibility index (Phi) is 7.71. The minimum absolute atomic E-state index is 0.608. The van der Waals surface area contributed by atoms with Gasteiger partial charge in [-0.25, -0.2) is 0 Å². The molecule has 0 fully saturated rings. The second-order valence-electron chi connectivity index (χ2n) is 4.54. The molecule has 4 heteroatoms. The lowest BCUT2D eigenvalue weighted by atomic mass is 10.1. The van der Waals surface area contributed by atoms with E-state index in [0.29, 0.717) is 5.92 Å². The fraction of sp³-hybridized carbons (Fsp3) is 0.571. The molecule has 0 heterocycles. The van der Waals surface area contributed by atoms with Crippen molar-refractivity contribution in [2.45, 2.75) is 26.3 Å². The summed E-state index contributed by atoms with van der Waals surface area (Å²) < 4.78 is 6.34. The quantitative estimate of drug-likeness (QED) is 0.568. The molecule has 1 unspecified atom stereocenters. The Bertz CT molecular complexity index is 360. The van der Waals surface area contributed by atoms with Crippen LogP contribution in [-0.2, 0) is 6.54 Å². The molecule has 0 aliphatic heterocycles. The van der Waals surface area contributed by atoms with E-state index < -0.39 is 0 Å². The van der Waals surface area contributed by atoms with Gasteiger partial charge >= 0.3 is 0 Å². The third-order valence-electron chi connectivity index (χ3n) is 2.88. The van der Waals surface area contributed by atoms with Gasteiger partial charge in [0.15, 0.2) is 0 Å². The van der Waals surface area contributed by atoms with Crippen molar-refractivity contribution >= 4 is 27.5 Å². The summed E-state index contributed by atoms with van der Waals surface area (Å²) in [6, 6.07) is 6.03. The molecule has 2 nitrogen and oxygen atoms in total. The van der Waals surface area contributed by atoms with Crippen molar-refractivity contribution in [3.8, 4) is 5.75 Å². The third kappa shape index (κ3) is 5.59. The van der Waals surface area contributed by atoms with Crippen LogP contribution in [0.4, 0.5) is 0 Å². The zero-order valence-corrected chi connectivity index (χ0v) is 13.4. The number of benzene rings is 1. The average Bonchev–Trinajstić information content (AvgIpc) is 2.40. The molecule has 18 heavy (non-hydrogen) atoms. The van der Waals surface area contributed by atoms with Crippen molar-refractivity contribution in [3.63, 3.8) is 0 Å². The summed E-state index contributed by atoms with van der Waals surface area (Å²) in [6.45, 7) is 4.06. The highest BCUT2D eigenvalue weighted by atomic mass is 79.9. The van der Waals surface area contributed by atoms with Crippen molar-refractivity contribution in [1.82, 2.24) is 5.32 Å². The molecule has 0 amide bonds. The Morgan fingerprint density at radius 1 is 1.44 bits per heavy atom. The summed E-state index contributed by atoms with van der Waals surface area (Å²) >= 11 is 9.32. The maximum absolute atomic E-state index is 5.77. The first-order valence-corrected chi connectivity index (χ1v) is 7.59. The van der Waals surface area contributed by atoms with Gasteiger partial charge in [-0.1, -0.05) is 22.9 Å². The van der Waals surface area contributed by atoms with Gasteiger partial charge in [-0.2, -0.15) is 0 Å². The summed E-state index contributed by atoms with van der Waals surface area (Å²) in [4.78, 5) is 0. The highest BCUT2D eigenvalue weighted by Crippen LogP contribution is 2.22. The molecule has 0 saturated heterocycles. The zero-order valence-electron chi connectivity index (χ0n) is 11.0. The number of methoxy groups -OCH3 is 1. The second-order valence-corrected chi connectivity index (χ2v) is 5.70. The fourth-order valence-corrected chi connectivity index (χ4v) is 2.23. The topological polar surface area (TPSA) is 21.3 Å². The van der Waals surface area contributed by atoms with Crippen LogP contribution in [0.3, 0.4) is 0 Å². The zero-order chi connectivity index (χ0) is 13.4. The SMILES string of the molecule is COc1ccc(Br)c(CNCCCC(C)CCl)c1. The van der Waals surface area contributed by atoms with Crippen LogP contribution in [0.1, 0.15) is 25.3 Å². The minimum atomic E-state index is 0.608. The molecule has 0 radical (unpaired) electrons. The molecule has 1 aromatic carbocycles. The first-order valence-electron chi connectivity index (χ1n) is 6.26. The van der Waals surface area contributed by atoms with Crippen molar-refractivity contribution < 1.29 is 4.74 Å². The fourth-order valence-electron chi connectivity index (χ4n) is 1.69. The van der Waals surface area contributed by atoms with Gasteiger partial charge in [-0.05, 0) is 49.1 Å². The Labute approximate surface area is 123 Å². The number of alkyl halides is 1. The Morgan fingerprint density at radius 2 is 2.22 bits per heavy atom. The van der Waals surface area contributed by atoms with E-state index in [2.05, 4.69) is 34.2 Å². The largest absolute Gasteiger partial charge is 0.497 e. The van der Waals surface area contributed by atoms with Crippen LogP contribution >= 0.6 is 27.5 Å². The van der Waals surface area contributed by atoms with E-state index >= 15 is 0 Å². The summed E-state index contributed by atoms with van der Waals surface area (Å²) in [7, 11) is 1.69. The van der Waals surface area contributed by atoms with Gasteiger partial charge in [-0.15, -0.1) is 11.6 Å². The monoisotopic (exact) mass is 333 g/mol. The number of rotatable bonds is 8. The van der Waals surface area contributed by atoms with Crippen LogP contribution in [0.25, 0.3) is 0 Å². The van der Waals surface area contributed by atoms with Gasteiger partial charge in [0.2, 0.25) is 0 Å². The second kappa shape index (κ2) is 8.78. The predicted octanol–water partition coefficient (Wildman–Crippen LogP) is 4.20. The van der Waals surface area contributed by atoms with Gasteiger partial charge in [-0.3, -0.25) is 0 Å². The number of nitrogens with one attached hydrogen (secondary N) is 1. The molecule has 0 aromatic heterocycles. The molecule has 0 spiro atoms. The number of hydrogen-bond donors (Lipinski definition) is 1. The van der Waals surface area contributed by atoms with Crippen LogP contribution in [0.2, 0.25) is 0 Å². The van der Waals surface area contributed by atoms with E-state index in [0.717, 1.165) is 35.6 Å². The number of ether oxygens (including phenoxy) is 1. The predicted molar refractivity (Wildman–Crippen MR) is 81.5 cm³/mol. The Hall–Kier alpha value is -0.250. The standard InChI is InChI=1S/C14H21BrClNO/c1-11(9-16)4-3-7-17-10-12-8-13(18-2)5-6-14(12)15/h5-6,8,11,17H,3-4,7,9-10H2,1-2H3. The molecule has 1 aromatic rings. The number of halogens is 2. The van der Waals surface area contributed by atoms with E-state index in [1.165, 1.54) is 12.0 Å². The molecule has 1 N–H and O–H groups in total. The summed E-state index contributed by atoms with van der Waals surface area (Å²) in [5.74, 6) is 2.25. The molecule has 0 aliphatic carbocycles. The number of hydrogen-bond acceptors (Lipinski definition) is 2. The first-order chi connectivity index (χ1) is 8.67. The summed E-state index contributed by atoms with van der Waals surface area (Å²) in [5.41, 5.74) is 1.22. The lowest BCUT2D eigenvalue weighted by Gasteiger charge is -2.10. The van der Waals surface area contributed by atoms with E-state index in [1.807, 2.05) is 12.1 Å². The highest BCUT2D eigenvalue weighted by molar-refractivity contribution is 9.10. The van der Waals surface area contributed by atoms with Crippen molar-refractivity contribution in [3.05, 3.63) is 28.2 Å². The van der Waals surface area contributed by atoms with E-state index in [9.17, 15) is 0 Å². The van der Waals surface area contributed by atoms with Gasteiger partial charge < -0.3 is 10.1 Å². The third-order valence-corrected chi connectivity index (χ3v) is 4.18. The average molecular weight is 335 g/mol. The maximum atomic E-state index is 5.77. The van der Waals surface area contributed by atoms with Gasteiger partial charge in [0.05, 0.1) is 7.11 Å². The Morgan fingerprint density at radius 3 is 2.89 bits per heavy atom. The molecule has 0 bridgehead atoms. The van der Waals surface area contributed by atoms with Crippen LogP contribution in [0, 0.1) is 5.92 Å². The van der Waals surface area contributed by atoms with Crippen LogP contribution in [-0.4, -0.2) is 19.5 Å². The van der Waals surface area contributed by atoms with Crippen LogP contribution in [0.5, 0.6) is 5.75 Å². The lowest BCUT2D eigenvalue weighted by Crippen LogP contribution is -2.16. The van der Waals surface area contributed by atoms with Gasteiger partial charge in [0, 0.05) is 16.9 Å². The first kappa shape index (κ1) is 15.8.